The van der Waals surface area contributed by atoms with Gasteiger partial charge in [0.05, 0.1) is 10.7 Å². The van der Waals surface area contributed by atoms with Gasteiger partial charge < -0.3 is 9.67 Å². The van der Waals surface area contributed by atoms with Gasteiger partial charge in [-0.15, -0.1) is 0 Å². The molecule has 0 amide bonds. The first kappa shape index (κ1) is 19.7. The van der Waals surface area contributed by atoms with Crippen molar-refractivity contribution in [2.75, 3.05) is 0 Å². The lowest BCUT2D eigenvalue weighted by Crippen LogP contribution is -2.37. The largest absolute Gasteiger partial charge is 0.513 e. The average molecular weight is 411 g/mol. The molecule has 3 aromatic rings. The molecule has 0 aliphatic heterocycles. The van der Waals surface area contributed by atoms with E-state index in [0.717, 1.165) is 35.0 Å². The normalized spacial score (nSPS) is 20.0. The molecule has 5 nitrogen and oxygen atoms in total. The lowest BCUT2D eigenvalue weighted by atomic mass is 9.86. The maximum absolute atomic E-state index is 13.0. The summed E-state index contributed by atoms with van der Waals surface area (Å²) >= 11 is 0. The lowest BCUT2D eigenvalue weighted by molar-refractivity contribution is 0.259. The third-order valence-corrected chi connectivity index (χ3v) is 7.44. The Morgan fingerprint density at radius 3 is 2.41 bits per heavy atom. The summed E-state index contributed by atoms with van der Waals surface area (Å²) in [5.41, 5.74) is 3.02. The number of allylic oxidation sites excluding steroid dienone is 1. The third-order valence-electron chi connectivity index (χ3n) is 5.92. The molecule has 0 spiro atoms. The van der Waals surface area contributed by atoms with Crippen LogP contribution in [0.25, 0.3) is 22.2 Å². The van der Waals surface area contributed by atoms with Crippen molar-refractivity contribution in [1.29, 1.82) is 0 Å². The molecular weight excluding hydrogens is 384 g/mol. The molecule has 1 aromatic heterocycles. The van der Waals surface area contributed by atoms with Crippen LogP contribution in [0.1, 0.15) is 25.7 Å². The number of nitrogens with one attached hydrogen (secondary N) is 1. The molecule has 6 heteroatoms. The molecule has 1 fully saturated rings. The van der Waals surface area contributed by atoms with Crippen molar-refractivity contribution in [1.82, 2.24) is 9.29 Å². The first-order chi connectivity index (χ1) is 13.8. The summed E-state index contributed by atoms with van der Waals surface area (Å²) in [6.45, 7) is 3.60. The van der Waals surface area contributed by atoms with Crippen LogP contribution in [0.15, 0.2) is 71.8 Å². The Hall–Kier alpha value is -2.57. The predicted octanol–water partition coefficient (Wildman–Crippen LogP) is 4.75. The van der Waals surface area contributed by atoms with Crippen LogP contribution in [0.5, 0.6) is 0 Å². The number of aliphatic hydroxyl groups excluding tert-OH is 1. The molecule has 4 rings (SSSR count). The first-order valence-corrected chi connectivity index (χ1v) is 11.4. The van der Waals surface area contributed by atoms with Crippen molar-refractivity contribution in [2.24, 2.45) is 13.0 Å². The van der Waals surface area contributed by atoms with E-state index in [1.165, 1.54) is 0 Å². The third kappa shape index (κ3) is 3.95. The minimum Gasteiger partial charge on any atom is -0.513 e. The van der Waals surface area contributed by atoms with E-state index in [9.17, 15) is 13.5 Å². The van der Waals surface area contributed by atoms with Crippen molar-refractivity contribution in [2.45, 2.75) is 36.6 Å². The summed E-state index contributed by atoms with van der Waals surface area (Å²) < 4.78 is 30.8. The second-order valence-corrected chi connectivity index (χ2v) is 9.55. The van der Waals surface area contributed by atoms with Crippen molar-refractivity contribution < 1.29 is 13.5 Å². The molecular formula is C23H26N2O3S. The van der Waals surface area contributed by atoms with Gasteiger partial charge in [0.15, 0.2) is 0 Å². The summed E-state index contributed by atoms with van der Waals surface area (Å²) in [7, 11) is -1.65. The fraction of sp³-hybridized carbons (Fsp3) is 0.304. The highest BCUT2D eigenvalue weighted by atomic mass is 32.2. The maximum atomic E-state index is 13.0. The first-order valence-electron chi connectivity index (χ1n) is 9.90. The van der Waals surface area contributed by atoms with E-state index in [0.29, 0.717) is 12.8 Å². The summed E-state index contributed by atoms with van der Waals surface area (Å²) in [5.74, 6) is 0.279. The summed E-state index contributed by atoms with van der Waals surface area (Å²) in [4.78, 5) is 0.277. The van der Waals surface area contributed by atoms with Gasteiger partial charge in [0.1, 0.15) is 0 Å². The number of aromatic nitrogens is 1. The molecule has 0 unspecified atom stereocenters. The highest BCUT2D eigenvalue weighted by Gasteiger charge is 2.27. The molecule has 0 radical (unpaired) electrons. The van der Waals surface area contributed by atoms with E-state index in [1.807, 2.05) is 48.0 Å². The molecule has 0 saturated heterocycles. The van der Waals surface area contributed by atoms with E-state index >= 15 is 0 Å². The predicted molar refractivity (Wildman–Crippen MR) is 116 cm³/mol. The second-order valence-electron chi connectivity index (χ2n) is 7.84. The quantitative estimate of drug-likeness (QED) is 0.596. The zero-order valence-corrected chi connectivity index (χ0v) is 17.3. The summed E-state index contributed by atoms with van der Waals surface area (Å²) in [6.07, 6.45) is 2.90. The molecule has 1 heterocycles. The highest BCUT2D eigenvalue weighted by molar-refractivity contribution is 7.89. The summed E-state index contributed by atoms with van der Waals surface area (Å²) in [5, 5.41) is 10.6. The van der Waals surface area contributed by atoms with Crippen LogP contribution < -0.4 is 4.72 Å². The van der Waals surface area contributed by atoms with Gasteiger partial charge in [-0.05, 0) is 49.4 Å². The molecule has 1 saturated carbocycles. The zero-order valence-electron chi connectivity index (χ0n) is 16.5. The van der Waals surface area contributed by atoms with E-state index in [1.54, 1.807) is 12.1 Å². The van der Waals surface area contributed by atoms with Gasteiger partial charge in [0.2, 0.25) is 10.0 Å². The van der Waals surface area contributed by atoms with Gasteiger partial charge >= 0.3 is 0 Å². The number of hydrogen-bond acceptors (Lipinski definition) is 3. The molecule has 1 aliphatic carbocycles. The second kappa shape index (κ2) is 7.69. The number of benzene rings is 2. The number of fused-ring (bicyclic) bond motifs is 1. The maximum Gasteiger partial charge on any atom is 0.240 e. The van der Waals surface area contributed by atoms with Crippen LogP contribution in [0.3, 0.4) is 0 Å². The Labute approximate surface area is 171 Å². The Morgan fingerprint density at radius 2 is 1.76 bits per heavy atom. The number of aliphatic hydroxyl groups is 1. The Morgan fingerprint density at radius 1 is 1.07 bits per heavy atom. The van der Waals surface area contributed by atoms with Gasteiger partial charge in [-0.1, -0.05) is 43.0 Å². The Kier molecular flexibility index (Phi) is 5.23. The van der Waals surface area contributed by atoms with Crippen LogP contribution in [0.2, 0.25) is 0 Å². The molecule has 29 heavy (non-hydrogen) atoms. The van der Waals surface area contributed by atoms with Crippen LogP contribution in [-0.2, 0) is 17.1 Å². The van der Waals surface area contributed by atoms with E-state index in [-0.39, 0.29) is 22.6 Å². The van der Waals surface area contributed by atoms with Gasteiger partial charge in [-0.2, -0.15) is 0 Å². The lowest BCUT2D eigenvalue weighted by Gasteiger charge is -2.28. The average Bonchev–Trinajstić information content (AvgIpc) is 3.05. The fourth-order valence-electron chi connectivity index (χ4n) is 4.19. The molecule has 2 N–H and O–H groups in total. The number of nitrogens with zero attached hydrogens (tertiary/aromatic N) is 1. The number of aryl methyl sites for hydroxylation is 1. The van der Waals surface area contributed by atoms with Gasteiger partial charge in [-0.25, -0.2) is 13.1 Å². The monoisotopic (exact) mass is 410 g/mol. The molecule has 1 aliphatic rings. The minimum absolute atomic E-state index is 0.0758. The Bertz CT molecular complexity index is 1140. The van der Waals surface area contributed by atoms with Gasteiger partial charge in [0.25, 0.3) is 0 Å². The number of sulfonamides is 1. The van der Waals surface area contributed by atoms with Gasteiger partial charge in [0, 0.05) is 35.6 Å². The molecule has 0 bridgehead atoms. The van der Waals surface area contributed by atoms with Gasteiger partial charge in [-0.3, -0.25) is 0 Å². The van der Waals surface area contributed by atoms with Crippen molar-refractivity contribution in [3.8, 4) is 11.3 Å². The Balaban J connectivity index is 1.59. The summed E-state index contributed by atoms with van der Waals surface area (Å²) in [6, 6.07) is 17.3. The van der Waals surface area contributed by atoms with Crippen LogP contribution in [0.4, 0.5) is 0 Å². The van der Waals surface area contributed by atoms with Crippen molar-refractivity contribution in [3.05, 3.63) is 66.9 Å². The van der Waals surface area contributed by atoms with Crippen molar-refractivity contribution >= 4 is 20.9 Å². The smallest absolute Gasteiger partial charge is 0.240 e. The SMILES string of the molecule is C=C(O)C1CCC(NS(=O)(=O)c2ccc3cc(-c4ccccc4)n(C)c3c2)CC1. The molecule has 2 aromatic carbocycles. The topological polar surface area (TPSA) is 71.3 Å². The molecule has 0 atom stereocenters. The fourth-order valence-corrected chi connectivity index (χ4v) is 5.52. The minimum atomic E-state index is -3.61. The van der Waals surface area contributed by atoms with Crippen LogP contribution in [0, 0.1) is 5.92 Å². The van der Waals surface area contributed by atoms with Crippen LogP contribution in [-0.4, -0.2) is 24.1 Å². The van der Waals surface area contributed by atoms with E-state index in [2.05, 4.69) is 17.4 Å². The van der Waals surface area contributed by atoms with Crippen LogP contribution >= 0.6 is 0 Å². The highest BCUT2D eigenvalue weighted by Crippen LogP contribution is 2.31. The number of hydrogen-bond donors (Lipinski definition) is 2. The standard InChI is InChI=1S/C23H26N2O3S/c1-16(26)17-8-11-20(12-9-17)24-29(27,28)21-13-10-19-14-22(25(2)23(19)15-21)18-6-4-3-5-7-18/h3-7,10,13-15,17,20,24,26H,1,8-9,11-12H2,2H3. The van der Waals surface area contributed by atoms with E-state index < -0.39 is 10.0 Å². The van der Waals surface area contributed by atoms with E-state index in [4.69, 9.17) is 0 Å². The molecule has 152 valence electrons. The van der Waals surface area contributed by atoms with Crippen molar-refractivity contribution in [3.63, 3.8) is 0 Å². The zero-order chi connectivity index (χ0) is 20.6. The number of rotatable bonds is 5.